The van der Waals surface area contributed by atoms with Crippen LogP contribution in [-0.2, 0) is 7.05 Å². The Morgan fingerprint density at radius 3 is 2.58 bits per heavy atom. The van der Waals surface area contributed by atoms with E-state index in [0.717, 1.165) is 22.2 Å². The maximum Gasteiger partial charge on any atom is 0.253 e. The molecule has 0 bridgehead atoms. The molecule has 2 aromatic carbocycles. The number of benzene rings is 2. The number of likely N-dealkylation sites (N-methyl/N-ethyl adjacent to an activating group) is 1. The van der Waals surface area contributed by atoms with Crippen molar-refractivity contribution in [1.29, 1.82) is 0 Å². The lowest BCUT2D eigenvalue weighted by Crippen LogP contribution is -2.34. The number of hydrogen-bond acceptors (Lipinski definition) is 3. The number of aromatic nitrogens is 1. The molecule has 5 nitrogen and oxygen atoms in total. The highest BCUT2D eigenvalue weighted by molar-refractivity contribution is 6.06. The largest absolute Gasteiger partial charge is 0.496 e. The van der Waals surface area contributed by atoms with Gasteiger partial charge in [0.1, 0.15) is 5.75 Å². The van der Waals surface area contributed by atoms with Gasteiger partial charge in [0.15, 0.2) is 0 Å². The molecule has 0 fully saturated rings. The summed E-state index contributed by atoms with van der Waals surface area (Å²) in [5.41, 5.74) is 2.80. The Kier molecular flexibility index (Phi) is 5.28. The second kappa shape index (κ2) is 7.62. The second-order valence-electron chi connectivity index (χ2n) is 6.60. The molecular formula is C21H25N3O2. The van der Waals surface area contributed by atoms with Gasteiger partial charge >= 0.3 is 0 Å². The lowest BCUT2D eigenvalue weighted by atomic mass is 10.0. The van der Waals surface area contributed by atoms with Crippen LogP contribution in [0.5, 0.6) is 5.75 Å². The Hall–Kier alpha value is -2.79. The van der Waals surface area contributed by atoms with Crippen LogP contribution in [0.2, 0.25) is 0 Å². The maximum absolute atomic E-state index is 12.8. The summed E-state index contributed by atoms with van der Waals surface area (Å²) in [6.45, 7) is 0.495. The molecule has 0 saturated heterocycles. The quantitative estimate of drug-likeness (QED) is 0.742. The van der Waals surface area contributed by atoms with Crippen molar-refractivity contribution >= 4 is 16.8 Å². The first-order chi connectivity index (χ1) is 12.5. The molecule has 1 amide bonds. The first kappa shape index (κ1) is 18.0. The molecule has 26 heavy (non-hydrogen) atoms. The van der Waals surface area contributed by atoms with E-state index in [1.165, 1.54) is 0 Å². The van der Waals surface area contributed by atoms with Gasteiger partial charge in [-0.3, -0.25) is 4.79 Å². The predicted octanol–water partition coefficient (Wildman–Crippen LogP) is 3.22. The van der Waals surface area contributed by atoms with Crippen molar-refractivity contribution in [2.45, 2.75) is 6.04 Å². The number of ether oxygens (including phenoxy) is 1. The van der Waals surface area contributed by atoms with Crippen molar-refractivity contribution in [2.24, 2.45) is 7.05 Å². The van der Waals surface area contributed by atoms with Crippen molar-refractivity contribution in [2.75, 3.05) is 27.7 Å². The molecule has 0 aliphatic carbocycles. The molecule has 0 radical (unpaired) electrons. The average molecular weight is 351 g/mol. The zero-order chi connectivity index (χ0) is 18.7. The van der Waals surface area contributed by atoms with Crippen LogP contribution >= 0.6 is 0 Å². The van der Waals surface area contributed by atoms with E-state index in [9.17, 15) is 4.79 Å². The van der Waals surface area contributed by atoms with E-state index >= 15 is 0 Å². The van der Waals surface area contributed by atoms with Gasteiger partial charge in [-0.15, -0.1) is 0 Å². The van der Waals surface area contributed by atoms with Crippen LogP contribution in [0.15, 0.2) is 54.7 Å². The first-order valence-corrected chi connectivity index (χ1v) is 8.64. The minimum atomic E-state index is -0.0662. The third-order valence-corrected chi connectivity index (χ3v) is 4.72. The number of para-hydroxylation sites is 2. The van der Waals surface area contributed by atoms with Crippen molar-refractivity contribution in [3.63, 3.8) is 0 Å². The van der Waals surface area contributed by atoms with Gasteiger partial charge in [0.05, 0.1) is 18.7 Å². The normalized spacial score (nSPS) is 12.3. The highest BCUT2D eigenvalue weighted by Gasteiger charge is 2.20. The number of carbonyl (C=O) groups is 1. The number of aryl methyl sites for hydroxylation is 1. The Labute approximate surface area is 154 Å². The average Bonchev–Trinajstić information content (AvgIpc) is 2.99. The lowest BCUT2D eigenvalue weighted by Gasteiger charge is -2.26. The number of rotatable bonds is 6. The standard InChI is InChI=1S/C21H25N3O2/c1-23(2)19(16-10-6-8-12-20(16)26-4)13-22-21(25)17-14-24(3)18-11-7-5-9-15(17)18/h5-12,14,19H,13H2,1-4H3,(H,22,25). The molecule has 0 aliphatic rings. The Morgan fingerprint density at radius 2 is 1.85 bits per heavy atom. The Balaban J connectivity index is 1.82. The van der Waals surface area contributed by atoms with Gasteiger partial charge in [0, 0.05) is 36.3 Å². The third kappa shape index (κ3) is 3.44. The lowest BCUT2D eigenvalue weighted by molar-refractivity contribution is 0.0943. The molecule has 5 heteroatoms. The SMILES string of the molecule is COc1ccccc1C(CNC(=O)c1cn(C)c2ccccc12)N(C)C. The van der Waals surface area contributed by atoms with Gasteiger partial charge in [-0.1, -0.05) is 36.4 Å². The summed E-state index contributed by atoms with van der Waals surface area (Å²) in [5, 5.41) is 4.05. The summed E-state index contributed by atoms with van der Waals surface area (Å²) in [6, 6.07) is 15.9. The number of nitrogens with one attached hydrogen (secondary N) is 1. The van der Waals surface area contributed by atoms with Gasteiger partial charge in [-0.05, 0) is 26.2 Å². The molecule has 1 N–H and O–H groups in total. The van der Waals surface area contributed by atoms with E-state index in [2.05, 4.69) is 10.2 Å². The molecule has 3 rings (SSSR count). The summed E-state index contributed by atoms with van der Waals surface area (Å²) in [4.78, 5) is 14.9. The number of hydrogen-bond donors (Lipinski definition) is 1. The molecule has 1 heterocycles. The molecule has 1 unspecified atom stereocenters. The molecule has 0 spiro atoms. The van der Waals surface area contributed by atoms with Crippen molar-refractivity contribution in [3.8, 4) is 5.75 Å². The fraction of sp³-hybridized carbons (Fsp3) is 0.286. The number of amides is 1. The van der Waals surface area contributed by atoms with Crippen LogP contribution in [0.1, 0.15) is 22.0 Å². The Bertz CT molecular complexity index is 915. The first-order valence-electron chi connectivity index (χ1n) is 8.64. The molecule has 0 aliphatic heterocycles. The molecule has 1 atom stereocenters. The van der Waals surface area contributed by atoms with Gasteiger partial charge in [0.25, 0.3) is 5.91 Å². The highest BCUT2D eigenvalue weighted by Crippen LogP contribution is 2.27. The molecule has 0 saturated carbocycles. The topological polar surface area (TPSA) is 46.5 Å². The molecule has 136 valence electrons. The summed E-state index contributed by atoms with van der Waals surface area (Å²) >= 11 is 0. The minimum Gasteiger partial charge on any atom is -0.496 e. The van der Waals surface area contributed by atoms with E-state index in [0.29, 0.717) is 12.1 Å². The van der Waals surface area contributed by atoms with E-state index < -0.39 is 0 Å². The van der Waals surface area contributed by atoms with E-state index in [1.807, 2.05) is 80.4 Å². The molecular weight excluding hydrogens is 326 g/mol. The van der Waals surface area contributed by atoms with E-state index in [4.69, 9.17) is 4.74 Å². The molecule has 1 aromatic heterocycles. The number of methoxy groups -OCH3 is 1. The maximum atomic E-state index is 12.8. The van der Waals surface area contributed by atoms with Crippen LogP contribution in [0, 0.1) is 0 Å². The van der Waals surface area contributed by atoms with Gasteiger partial charge in [0.2, 0.25) is 0 Å². The summed E-state index contributed by atoms with van der Waals surface area (Å²) in [5.74, 6) is 0.758. The second-order valence-corrected chi connectivity index (χ2v) is 6.60. The van der Waals surface area contributed by atoms with E-state index in [-0.39, 0.29) is 11.9 Å². The van der Waals surface area contributed by atoms with E-state index in [1.54, 1.807) is 7.11 Å². The molecule has 3 aromatic rings. The van der Waals surface area contributed by atoms with Crippen LogP contribution < -0.4 is 10.1 Å². The predicted molar refractivity (Wildman–Crippen MR) is 105 cm³/mol. The Morgan fingerprint density at radius 1 is 1.15 bits per heavy atom. The fourth-order valence-electron chi connectivity index (χ4n) is 3.32. The van der Waals surface area contributed by atoms with Crippen molar-refractivity contribution in [3.05, 3.63) is 65.9 Å². The zero-order valence-electron chi connectivity index (χ0n) is 15.7. The minimum absolute atomic E-state index is 0.0186. The van der Waals surface area contributed by atoms with Crippen molar-refractivity contribution in [1.82, 2.24) is 14.8 Å². The van der Waals surface area contributed by atoms with Gasteiger partial charge < -0.3 is 19.5 Å². The van der Waals surface area contributed by atoms with Gasteiger partial charge in [-0.25, -0.2) is 0 Å². The number of nitrogens with zero attached hydrogens (tertiary/aromatic N) is 2. The zero-order valence-corrected chi connectivity index (χ0v) is 15.7. The number of fused-ring (bicyclic) bond motifs is 1. The monoisotopic (exact) mass is 351 g/mol. The summed E-state index contributed by atoms with van der Waals surface area (Å²) in [6.07, 6.45) is 1.88. The van der Waals surface area contributed by atoms with Crippen LogP contribution in [0.3, 0.4) is 0 Å². The summed E-state index contributed by atoms with van der Waals surface area (Å²) in [7, 11) is 7.62. The van der Waals surface area contributed by atoms with Crippen LogP contribution in [-0.4, -0.2) is 43.1 Å². The van der Waals surface area contributed by atoms with Crippen molar-refractivity contribution < 1.29 is 9.53 Å². The fourth-order valence-corrected chi connectivity index (χ4v) is 3.32. The number of carbonyl (C=O) groups excluding carboxylic acids is 1. The van der Waals surface area contributed by atoms with Crippen LogP contribution in [0.4, 0.5) is 0 Å². The van der Waals surface area contributed by atoms with Gasteiger partial charge in [-0.2, -0.15) is 0 Å². The highest BCUT2D eigenvalue weighted by atomic mass is 16.5. The summed E-state index contributed by atoms with van der Waals surface area (Å²) < 4.78 is 7.47. The smallest absolute Gasteiger partial charge is 0.253 e. The third-order valence-electron chi connectivity index (χ3n) is 4.72. The van der Waals surface area contributed by atoms with Crippen LogP contribution in [0.25, 0.3) is 10.9 Å².